The number of pyridine rings is 1. The molecule has 0 saturated carbocycles. The van der Waals surface area contributed by atoms with E-state index in [9.17, 15) is 4.79 Å². The number of rotatable bonds is 5. The highest BCUT2D eigenvalue weighted by molar-refractivity contribution is 5.91. The van der Waals surface area contributed by atoms with Gasteiger partial charge in [-0.15, -0.1) is 0 Å². The lowest BCUT2D eigenvalue weighted by molar-refractivity contribution is 0.0600. The molecule has 5 rings (SSSR count). The molecule has 0 amide bonds. The number of piperazine rings is 1. The quantitative estimate of drug-likeness (QED) is 0.447. The second-order valence-corrected chi connectivity index (χ2v) is 7.70. The normalized spacial score (nSPS) is 14.6. The summed E-state index contributed by atoms with van der Waals surface area (Å²) in [6.07, 6.45) is 1.88. The molecule has 32 heavy (non-hydrogen) atoms. The Labute approximate surface area is 185 Å². The Morgan fingerprint density at radius 1 is 1.03 bits per heavy atom. The van der Waals surface area contributed by atoms with Crippen LogP contribution in [0.3, 0.4) is 0 Å². The number of nitrogens with zero attached hydrogens (tertiary/aromatic N) is 5. The molecule has 4 aromatic rings. The number of esters is 1. The first kappa shape index (κ1) is 20.1. The van der Waals surface area contributed by atoms with E-state index in [0.29, 0.717) is 23.8 Å². The molecular formula is C24H23N5O3. The van der Waals surface area contributed by atoms with Crippen molar-refractivity contribution in [3.05, 3.63) is 72.2 Å². The molecule has 0 atom stereocenters. The first-order valence-electron chi connectivity index (χ1n) is 10.5. The van der Waals surface area contributed by atoms with E-state index in [4.69, 9.17) is 9.26 Å². The molecule has 1 aliphatic rings. The van der Waals surface area contributed by atoms with Crippen LogP contribution < -0.4 is 4.90 Å². The second-order valence-electron chi connectivity index (χ2n) is 7.70. The Morgan fingerprint density at radius 2 is 1.81 bits per heavy atom. The summed E-state index contributed by atoms with van der Waals surface area (Å²) in [6, 6.07) is 17.3. The van der Waals surface area contributed by atoms with Gasteiger partial charge in [0.2, 0.25) is 0 Å². The maximum atomic E-state index is 11.6. The maximum Gasteiger partial charge on any atom is 0.337 e. The summed E-state index contributed by atoms with van der Waals surface area (Å²) in [5.41, 5.74) is 3.50. The smallest absolute Gasteiger partial charge is 0.337 e. The zero-order chi connectivity index (χ0) is 21.9. The van der Waals surface area contributed by atoms with Crippen molar-refractivity contribution in [3.63, 3.8) is 0 Å². The fraction of sp³-hybridized carbons (Fsp3) is 0.250. The highest BCUT2D eigenvalue weighted by atomic mass is 16.5. The number of ether oxygens (including phenoxy) is 1. The number of fused-ring (bicyclic) bond motifs is 1. The van der Waals surface area contributed by atoms with E-state index in [-0.39, 0.29) is 5.97 Å². The molecule has 0 bridgehead atoms. The molecule has 2 aromatic heterocycles. The van der Waals surface area contributed by atoms with Gasteiger partial charge in [-0.3, -0.25) is 9.88 Å². The molecule has 1 fully saturated rings. The van der Waals surface area contributed by atoms with Crippen LogP contribution in [0.1, 0.15) is 16.2 Å². The predicted octanol–water partition coefficient (Wildman–Crippen LogP) is 3.39. The third-order valence-corrected chi connectivity index (χ3v) is 5.73. The summed E-state index contributed by atoms with van der Waals surface area (Å²) in [5, 5.41) is 5.32. The van der Waals surface area contributed by atoms with Gasteiger partial charge in [-0.1, -0.05) is 23.4 Å². The number of methoxy groups -OCH3 is 1. The fourth-order valence-corrected chi connectivity index (χ4v) is 4.01. The molecule has 0 N–H and O–H groups in total. The molecule has 0 unspecified atom stereocenters. The van der Waals surface area contributed by atoms with Crippen molar-refractivity contribution in [1.29, 1.82) is 0 Å². The van der Waals surface area contributed by atoms with E-state index in [1.807, 2.05) is 18.3 Å². The molecule has 1 saturated heterocycles. The largest absolute Gasteiger partial charge is 0.465 e. The number of hydrogen-bond donors (Lipinski definition) is 0. The van der Waals surface area contributed by atoms with Gasteiger partial charge in [0.25, 0.3) is 5.89 Å². The summed E-state index contributed by atoms with van der Waals surface area (Å²) in [7, 11) is 1.36. The van der Waals surface area contributed by atoms with Crippen molar-refractivity contribution in [3.8, 4) is 11.5 Å². The lowest BCUT2D eigenvalue weighted by Gasteiger charge is -2.36. The van der Waals surface area contributed by atoms with Gasteiger partial charge in [-0.2, -0.15) is 4.98 Å². The predicted molar refractivity (Wildman–Crippen MR) is 120 cm³/mol. The monoisotopic (exact) mass is 429 g/mol. The average molecular weight is 429 g/mol. The molecule has 162 valence electrons. The fourth-order valence-electron chi connectivity index (χ4n) is 4.01. The van der Waals surface area contributed by atoms with E-state index in [2.05, 4.69) is 43.1 Å². The van der Waals surface area contributed by atoms with Crippen molar-refractivity contribution in [2.24, 2.45) is 0 Å². The summed E-state index contributed by atoms with van der Waals surface area (Å²) >= 11 is 0. The van der Waals surface area contributed by atoms with E-state index in [0.717, 1.165) is 37.3 Å². The SMILES string of the molecule is COC(=O)c1ccc(-c2nc(CN3CCN(c4ccnc5ccccc45)CC3)no2)cc1. The maximum absolute atomic E-state index is 11.6. The third-order valence-electron chi connectivity index (χ3n) is 5.73. The number of anilines is 1. The summed E-state index contributed by atoms with van der Waals surface area (Å²) in [6.45, 7) is 4.30. The molecule has 0 aliphatic carbocycles. The molecule has 8 heteroatoms. The zero-order valence-electron chi connectivity index (χ0n) is 17.8. The third kappa shape index (κ3) is 4.04. The van der Waals surface area contributed by atoms with Gasteiger partial charge in [0.05, 0.1) is 24.7 Å². The number of aromatic nitrogens is 3. The average Bonchev–Trinajstić information content (AvgIpc) is 3.32. The van der Waals surface area contributed by atoms with Crippen molar-refractivity contribution in [2.45, 2.75) is 6.54 Å². The first-order chi connectivity index (χ1) is 15.7. The van der Waals surface area contributed by atoms with Crippen molar-refractivity contribution < 1.29 is 14.1 Å². The highest BCUT2D eigenvalue weighted by Crippen LogP contribution is 2.26. The van der Waals surface area contributed by atoms with Crippen molar-refractivity contribution in [2.75, 3.05) is 38.2 Å². The minimum atomic E-state index is -0.373. The number of carbonyl (C=O) groups is 1. The topological polar surface area (TPSA) is 84.6 Å². The Bertz CT molecular complexity index is 1220. The minimum Gasteiger partial charge on any atom is -0.465 e. The van der Waals surface area contributed by atoms with Crippen LogP contribution in [0.4, 0.5) is 5.69 Å². The van der Waals surface area contributed by atoms with Crippen molar-refractivity contribution >= 4 is 22.6 Å². The van der Waals surface area contributed by atoms with E-state index >= 15 is 0 Å². The van der Waals surface area contributed by atoms with Crippen LogP contribution in [-0.4, -0.2) is 59.3 Å². The van der Waals surface area contributed by atoms with Gasteiger partial charge in [0, 0.05) is 49.0 Å². The number of para-hydroxylation sites is 1. The number of benzene rings is 2. The van der Waals surface area contributed by atoms with Crippen LogP contribution in [-0.2, 0) is 11.3 Å². The van der Waals surface area contributed by atoms with Crippen LogP contribution >= 0.6 is 0 Å². The molecule has 1 aliphatic heterocycles. The van der Waals surface area contributed by atoms with Gasteiger partial charge < -0.3 is 14.2 Å². The number of hydrogen-bond acceptors (Lipinski definition) is 8. The molecule has 0 radical (unpaired) electrons. The Kier molecular flexibility index (Phi) is 5.51. The highest BCUT2D eigenvalue weighted by Gasteiger charge is 2.21. The lowest BCUT2D eigenvalue weighted by Crippen LogP contribution is -2.46. The summed E-state index contributed by atoms with van der Waals surface area (Å²) in [5.74, 6) is 0.722. The van der Waals surface area contributed by atoms with E-state index in [1.54, 1.807) is 24.3 Å². The van der Waals surface area contributed by atoms with Gasteiger partial charge in [0.15, 0.2) is 5.82 Å². The number of carbonyl (C=O) groups excluding carboxylic acids is 1. The molecule has 0 spiro atoms. The van der Waals surface area contributed by atoms with Crippen LogP contribution in [0, 0.1) is 0 Å². The Morgan fingerprint density at radius 3 is 2.59 bits per heavy atom. The van der Waals surface area contributed by atoms with Gasteiger partial charge in [-0.05, 0) is 36.4 Å². The van der Waals surface area contributed by atoms with E-state index in [1.165, 1.54) is 18.2 Å². The van der Waals surface area contributed by atoms with Gasteiger partial charge in [-0.25, -0.2) is 4.79 Å². The minimum absolute atomic E-state index is 0.373. The van der Waals surface area contributed by atoms with Crippen LogP contribution in [0.15, 0.2) is 65.3 Å². The summed E-state index contributed by atoms with van der Waals surface area (Å²) < 4.78 is 10.2. The molecule has 8 nitrogen and oxygen atoms in total. The Balaban J connectivity index is 1.22. The summed E-state index contributed by atoms with van der Waals surface area (Å²) in [4.78, 5) is 25.3. The van der Waals surface area contributed by atoms with Crippen molar-refractivity contribution in [1.82, 2.24) is 20.0 Å². The van der Waals surface area contributed by atoms with Crippen LogP contribution in [0.5, 0.6) is 0 Å². The molecule has 3 heterocycles. The van der Waals surface area contributed by atoms with Gasteiger partial charge in [0.1, 0.15) is 0 Å². The second kappa shape index (κ2) is 8.76. The standard InChI is InChI=1S/C24H23N5O3/c1-31-24(30)18-8-6-17(7-9-18)23-26-22(27-32-23)16-28-12-14-29(15-13-28)21-10-11-25-20-5-3-2-4-19(20)21/h2-11H,12-16H2,1H3. The van der Waals surface area contributed by atoms with E-state index < -0.39 is 0 Å². The van der Waals surface area contributed by atoms with Crippen LogP contribution in [0.25, 0.3) is 22.4 Å². The van der Waals surface area contributed by atoms with Gasteiger partial charge >= 0.3 is 5.97 Å². The molecule has 2 aromatic carbocycles. The zero-order valence-corrected chi connectivity index (χ0v) is 17.8. The lowest BCUT2D eigenvalue weighted by atomic mass is 10.1. The van der Waals surface area contributed by atoms with Crippen LogP contribution in [0.2, 0.25) is 0 Å². The first-order valence-corrected chi connectivity index (χ1v) is 10.5. The Hall–Kier alpha value is -3.78. The molecular weight excluding hydrogens is 406 g/mol.